The minimum Gasteiger partial charge on any atom is -0.497 e. The van der Waals surface area contributed by atoms with E-state index in [9.17, 15) is 4.79 Å². The van der Waals surface area contributed by atoms with Gasteiger partial charge in [0.05, 0.1) is 32.5 Å². The van der Waals surface area contributed by atoms with Gasteiger partial charge in [0.1, 0.15) is 5.75 Å². The second-order valence-corrected chi connectivity index (χ2v) is 3.55. The van der Waals surface area contributed by atoms with Crippen LogP contribution in [0, 0.1) is 0 Å². The summed E-state index contributed by atoms with van der Waals surface area (Å²) >= 11 is 0. The fourth-order valence-corrected chi connectivity index (χ4v) is 1.36. The number of amides is 1. The van der Waals surface area contributed by atoms with E-state index in [4.69, 9.17) is 20.3 Å². The molecular weight excluding hydrogens is 236 g/mol. The Balaban J connectivity index is 2.50. The molecule has 6 nitrogen and oxygen atoms in total. The SMILES string of the molecule is COc1ccc(N)c(C(=O)NCCOCCO)c1. The Bertz CT molecular complexity index is 396. The van der Waals surface area contributed by atoms with E-state index in [0.29, 0.717) is 30.2 Å². The molecule has 0 aliphatic carbocycles. The number of nitrogen functional groups attached to an aromatic ring is 1. The zero-order chi connectivity index (χ0) is 13.4. The van der Waals surface area contributed by atoms with E-state index in [-0.39, 0.29) is 19.1 Å². The minimum absolute atomic E-state index is 0.0310. The molecule has 0 aliphatic heterocycles. The minimum atomic E-state index is -0.279. The molecular formula is C12H18N2O4. The number of ether oxygens (including phenoxy) is 2. The molecule has 0 aromatic heterocycles. The molecule has 0 saturated heterocycles. The maximum Gasteiger partial charge on any atom is 0.253 e. The number of carbonyl (C=O) groups is 1. The number of aliphatic hydroxyl groups excluding tert-OH is 1. The topological polar surface area (TPSA) is 93.8 Å². The molecule has 1 rings (SSSR count). The largest absolute Gasteiger partial charge is 0.497 e. The first-order chi connectivity index (χ1) is 8.69. The van der Waals surface area contributed by atoms with Crippen molar-refractivity contribution in [1.29, 1.82) is 0 Å². The number of nitrogens with one attached hydrogen (secondary N) is 1. The number of anilines is 1. The lowest BCUT2D eigenvalue weighted by molar-refractivity contribution is 0.0838. The standard InChI is InChI=1S/C12H18N2O4/c1-17-9-2-3-11(13)10(8-9)12(16)14-4-6-18-7-5-15/h2-3,8,15H,4-7,13H2,1H3,(H,14,16). The van der Waals surface area contributed by atoms with Gasteiger partial charge in [-0.2, -0.15) is 0 Å². The van der Waals surface area contributed by atoms with Crippen LogP contribution >= 0.6 is 0 Å². The Kier molecular flexibility index (Phi) is 5.96. The molecule has 6 heteroatoms. The van der Waals surface area contributed by atoms with Crippen molar-refractivity contribution in [3.63, 3.8) is 0 Å². The predicted molar refractivity (Wildman–Crippen MR) is 67.6 cm³/mol. The van der Waals surface area contributed by atoms with E-state index >= 15 is 0 Å². The number of hydrogen-bond acceptors (Lipinski definition) is 5. The summed E-state index contributed by atoms with van der Waals surface area (Å²) in [6.07, 6.45) is 0. The van der Waals surface area contributed by atoms with Gasteiger partial charge in [0.25, 0.3) is 5.91 Å². The summed E-state index contributed by atoms with van der Waals surface area (Å²) in [5.74, 6) is 0.296. The summed E-state index contributed by atoms with van der Waals surface area (Å²) < 4.78 is 10.1. The average molecular weight is 254 g/mol. The lowest BCUT2D eigenvalue weighted by atomic mass is 10.1. The Morgan fingerprint density at radius 3 is 2.89 bits per heavy atom. The molecule has 0 spiro atoms. The molecule has 0 fully saturated rings. The zero-order valence-corrected chi connectivity index (χ0v) is 10.3. The van der Waals surface area contributed by atoms with Crippen molar-refractivity contribution in [3.8, 4) is 5.75 Å². The molecule has 18 heavy (non-hydrogen) atoms. The van der Waals surface area contributed by atoms with E-state index in [2.05, 4.69) is 5.32 Å². The van der Waals surface area contributed by atoms with Crippen LogP contribution in [-0.2, 0) is 4.74 Å². The Labute approximate surface area is 106 Å². The van der Waals surface area contributed by atoms with E-state index in [1.165, 1.54) is 7.11 Å². The summed E-state index contributed by atoms with van der Waals surface area (Å²) in [5, 5.41) is 11.2. The number of benzene rings is 1. The van der Waals surface area contributed by atoms with Crippen molar-refractivity contribution in [2.75, 3.05) is 39.2 Å². The highest BCUT2D eigenvalue weighted by molar-refractivity contribution is 5.99. The molecule has 1 amide bonds. The first-order valence-corrected chi connectivity index (χ1v) is 5.59. The third-order valence-electron chi connectivity index (χ3n) is 2.27. The summed E-state index contributed by atoms with van der Waals surface area (Å²) in [6.45, 7) is 0.930. The fourth-order valence-electron chi connectivity index (χ4n) is 1.36. The van der Waals surface area contributed by atoms with Crippen LogP contribution in [0.5, 0.6) is 5.75 Å². The van der Waals surface area contributed by atoms with E-state index in [1.54, 1.807) is 18.2 Å². The van der Waals surface area contributed by atoms with Gasteiger partial charge in [-0.1, -0.05) is 0 Å². The van der Waals surface area contributed by atoms with Gasteiger partial charge in [0.15, 0.2) is 0 Å². The third kappa shape index (κ3) is 4.23. The monoisotopic (exact) mass is 254 g/mol. The van der Waals surface area contributed by atoms with Crippen LogP contribution in [-0.4, -0.2) is 44.5 Å². The quantitative estimate of drug-likeness (QED) is 0.471. The van der Waals surface area contributed by atoms with Crippen molar-refractivity contribution >= 4 is 11.6 Å². The predicted octanol–water partition coefficient (Wildman–Crippen LogP) is 0.0161. The number of rotatable bonds is 7. The Morgan fingerprint density at radius 2 is 2.22 bits per heavy atom. The van der Waals surface area contributed by atoms with Crippen LogP contribution in [0.2, 0.25) is 0 Å². The highest BCUT2D eigenvalue weighted by Crippen LogP contribution is 2.19. The zero-order valence-electron chi connectivity index (χ0n) is 10.3. The normalized spacial score (nSPS) is 10.1. The average Bonchev–Trinajstić information content (AvgIpc) is 2.39. The van der Waals surface area contributed by atoms with Gasteiger partial charge < -0.3 is 25.6 Å². The molecule has 0 heterocycles. The van der Waals surface area contributed by atoms with Crippen molar-refractivity contribution in [1.82, 2.24) is 5.32 Å². The highest BCUT2D eigenvalue weighted by atomic mass is 16.5. The fraction of sp³-hybridized carbons (Fsp3) is 0.417. The Morgan fingerprint density at radius 1 is 1.44 bits per heavy atom. The summed E-state index contributed by atoms with van der Waals surface area (Å²) in [5.41, 5.74) is 6.48. The molecule has 1 aromatic rings. The smallest absolute Gasteiger partial charge is 0.253 e. The van der Waals surface area contributed by atoms with Crippen LogP contribution in [0.4, 0.5) is 5.69 Å². The van der Waals surface area contributed by atoms with Crippen molar-refractivity contribution < 1.29 is 19.4 Å². The third-order valence-corrected chi connectivity index (χ3v) is 2.27. The second-order valence-electron chi connectivity index (χ2n) is 3.55. The first-order valence-electron chi connectivity index (χ1n) is 5.59. The lowest BCUT2D eigenvalue weighted by Gasteiger charge is -2.09. The Hall–Kier alpha value is -1.79. The van der Waals surface area contributed by atoms with Gasteiger partial charge in [-0.15, -0.1) is 0 Å². The first kappa shape index (κ1) is 14.3. The molecule has 0 unspecified atom stereocenters. The van der Waals surface area contributed by atoms with Crippen LogP contribution in [0.15, 0.2) is 18.2 Å². The highest BCUT2D eigenvalue weighted by Gasteiger charge is 2.10. The molecule has 1 aromatic carbocycles. The van der Waals surface area contributed by atoms with Crippen LogP contribution < -0.4 is 15.8 Å². The van der Waals surface area contributed by atoms with Gasteiger partial charge in [-0.25, -0.2) is 0 Å². The maximum absolute atomic E-state index is 11.8. The van der Waals surface area contributed by atoms with Gasteiger partial charge in [0.2, 0.25) is 0 Å². The number of methoxy groups -OCH3 is 1. The summed E-state index contributed by atoms with van der Waals surface area (Å²) in [4.78, 5) is 11.8. The number of carbonyl (C=O) groups excluding carboxylic acids is 1. The number of aliphatic hydroxyl groups is 1. The van der Waals surface area contributed by atoms with E-state index in [1.807, 2.05) is 0 Å². The van der Waals surface area contributed by atoms with Crippen molar-refractivity contribution in [3.05, 3.63) is 23.8 Å². The summed E-state index contributed by atoms with van der Waals surface area (Å²) in [6, 6.07) is 4.89. The molecule has 0 radical (unpaired) electrons. The van der Waals surface area contributed by atoms with Gasteiger partial charge in [-0.05, 0) is 18.2 Å². The van der Waals surface area contributed by atoms with Crippen LogP contribution in [0.25, 0.3) is 0 Å². The van der Waals surface area contributed by atoms with Crippen LogP contribution in [0.3, 0.4) is 0 Å². The van der Waals surface area contributed by atoms with E-state index in [0.717, 1.165) is 0 Å². The molecule has 100 valence electrons. The summed E-state index contributed by atoms with van der Waals surface area (Å²) in [7, 11) is 1.52. The maximum atomic E-state index is 11.8. The van der Waals surface area contributed by atoms with Crippen molar-refractivity contribution in [2.24, 2.45) is 0 Å². The van der Waals surface area contributed by atoms with E-state index < -0.39 is 0 Å². The molecule has 4 N–H and O–H groups in total. The van der Waals surface area contributed by atoms with Gasteiger partial charge in [0, 0.05) is 12.2 Å². The lowest BCUT2D eigenvalue weighted by Crippen LogP contribution is -2.28. The molecule has 0 aliphatic rings. The van der Waals surface area contributed by atoms with Crippen molar-refractivity contribution in [2.45, 2.75) is 0 Å². The molecule has 0 saturated carbocycles. The molecule has 0 bridgehead atoms. The number of nitrogens with two attached hydrogens (primary N) is 1. The number of hydrogen-bond donors (Lipinski definition) is 3. The molecule has 0 atom stereocenters. The van der Waals surface area contributed by atoms with Gasteiger partial charge >= 0.3 is 0 Å². The van der Waals surface area contributed by atoms with Gasteiger partial charge in [-0.3, -0.25) is 4.79 Å². The van der Waals surface area contributed by atoms with Crippen LogP contribution in [0.1, 0.15) is 10.4 Å². The second kappa shape index (κ2) is 7.52.